The van der Waals surface area contributed by atoms with E-state index < -0.39 is 5.60 Å². The van der Waals surface area contributed by atoms with Gasteiger partial charge < -0.3 is 19.3 Å². The average Bonchev–Trinajstić information content (AvgIpc) is 3.17. The van der Waals surface area contributed by atoms with E-state index in [2.05, 4.69) is 24.3 Å². The van der Waals surface area contributed by atoms with Gasteiger partial charge in [-0.2, -0.15) is 4.98 Å². The molecule has 0 radical (unpaired) electrons. The summed E-state index contributed by atoms with van der Waals surface area (Å²) in [7, 11) is 1.72. The monoisotopic (exact) mass is 295 g/mol. The fourth-order valence-corrected chi connectivity index (χ4v) is 3.46. The molecule has 3 rings (SSSR count). The molecule has 3 heterocycles. The van der Waals surface area contributed by atoms with Crippen LogP contribution in [0.15, 0.2) is 4.52 Å². The van der Waals surface area contributed by atoms with E-state index in [1.807, 2.05) is 0 Å². The minimum Gasteiger partial charge on any atom is -0.381 e. The highest BCUT2D eigenvalue weighted by molar-refractivity contribution is 5.14. The van der Waals surface area contributed by atoms with Gasteiger partial charge in [0, 0.05) is 39.7 Å². The van der Waals surface area contributed by atoms with Crippen LogP contribution in [0.2, 0.25) is 0 Å². The minimum atomic E-state index is -0.454. The maximum atomic E-state index is 5.75. The highest BCUT2D eigenvalue weighted by Gasteiger charge is 2.46. The molecule has 0 spiro atoms. The Morgan fingerprint density at radius 1 is 1.24 bits per heavy atom. The maximum absolute atomic E-state index is 5.75. The van der Waals surface area contributed by atoms with Crippen molar-refractivity contribution in [1.29, 1.82) is 0 Å². The second-order valence-corrected chi connectivity index (χ2v) is 6.47. The molecule has 1 unspecified atom stereocenters. The van der Waals surface area contributed by atoms with Crippen LogP contribution in [0.25, 0.3) is 0 Å². The van der Waals surface area contributed by atoms with Crippen LogP contribution in [-0.2, 0) is 20.5 Å². The lowest BCUT2D eigenvalue weighted by Gasteiger charge is -2.33. The Morgan fingerprint density at radius 3 is 2.57 bits per heavy atom. The number of rotatable bonds is 4. The van der Waals surface area contributed by atoms with Crippen molar-refractivity contribution in [3.8, 4) is 0 Å². The van der Waals surface area contributed by atoms with Gasteiger partial charge >= 0.3 is 0 Å². The van der Waals surface area contributed by atoms with Crippen molar-refractivity contribution in [2.45, 2.75) is 44.1 Å². The lowest BCUT2D eigenvalue weighted by Crippen LogP contribution is -2.38. The molecule has 2 fully saturated rings. The van der Waals surface area contributed by atoms with E-state index in [4.69, 9.17) is 19.0 Å². The number of hydrogen-bond acceptors (Lipinski definition) is 6. The van der Waals surface area contributed by atoms with Gasteiger partial charge in [0.1, 0.15) is 5.60 Å². The molecule has 0 bridgehead atoms. The van der Waals surface area contributed by atoms with Crippen molar-refractivity contribution in [3.63, 3.8) is 0 Å². The number of nitrogens with zero attached hydrogens (tertiary/aromatic N) is 2. The number of nitrogens with one attached hydrogen (secondary N) is 1. The molecule has 0 aliphatic carbocycles. The standard InChI is InChI=1S/C15H25N3O3/c1-11(2)14(4-7-16-10-14)13-17-12(18-21-13)15(19-3)5-8-20-9-6-15/h11,16H,4-10H2,1-3H3. The molecule has 6 heteroatoms. The van der Waals surface area contributed by atoms with Crippen LogP contribution in [0.1, 0.15) is 44.8 Å². The Hall–Kier alpha value is -0.980. The SMILES string of the molecule is COC1(c2noc(C3(C(C)C)CCNC3)n2)CCOCC1. The maximum Gasteiger partial charge on any atom is 0.234 e. The van der Waals surface area contributed by atoms with Gasteiger partial charge in [-0.05, 0) is 18.9 Å². The van der Waals surface area contributed by atoms with Crippen molar-refractivity contribution in [1.82, 2.24) is 15.5 Å². The van der Waals surface area contributed by atoms with Crippen molar-refractivity contribution in [2.24, 2.45) is 5.92 Å². The molecule has 1 aromatic heterocycles. The quantitative estimate of drug-likeness (QED) is 0.910. The molecule has 6 nitrogen and oxygen atoms in total. The van der Waals surface area contributed by atoms with E-state index in [1.54, 1.807) is 7.11 Å². The summed E-state index contributed by atoms with van der Waals surface area (Å²) >= 11 is 0. The van der Waals surface area contributed by atoms with Crippen molar-refractivity contribution >= 4 is 0 Å². The molecule has 21 heavy (non-hydrogen) atoms. The molecule has 0 saturated carbocycles. The van der Waals surface area contributed by atoms with Crippen molar-refractivity contribution in [3.05, 3.63) is 11.7 Å². The molecular weight excluding hydrogens is 270 g/mol. The number of aromatic nitrogens is 2. The highest BCUT2D eigenvalue weighted by Crippen LogP contribution is 2.39. The zero-order chi connectivity index (χ0) is 14.9. The molecular formula is C15H25N3O3. The highest BCUT2D eigenvalue weighted by atomic mass is 16.5. The molecule has 0 aromatic carbocycles. The Bertz CT molecular complexity index is 474. The van der Waals surface area contributed by atoms with Crippen LogP contribution in [-0.4, -0.2) is 43.6 Å². The van der Waals surface area contributed by atoms with E-state index in [-0.39, 0.29) is 5.41 Å². The molecule has 1 atom stereocenters. The summed E-state index contributed by atoms with van der Waals surface area (Å²) in [5.74, 6) is 1.88. The van der Waals surface area contributed by atoms with Crippen molar-refractivity contribution < 1.29 is 14.0 Å². The van der Waals surface area contributed by atoms with Crippen LogP contribution in [0.3, 0.4) is 0 Å². The molecule has 2 saturated heterocycles. The Kier molecular flexibility index (Phi) is 4.03. The summed E-state index contributed by atoms with van der Waals surface area (Å²) < 4.78 is 16.9. The van der Waals surface area contributed by atoms with Gasteiger partial charge in [-0.25, -0.2) is 0 Å². The summed E-state index contributed by atoms with van der Waals surface area (Å²) in [6.07, 6.45) is 2.58. The Labute approximate surface area is 125 Å². The number of methoxy groups -OCH3 is 1. The third-order valence-corrected chi connectivity index (χ3v) is 5.24. The van der Waals surface area contributed by atoms with Crippen LogP contribution < -0.4 is 5.32 Å². The van der Waals surface area contributed by atoms with E-state index in [9.17, 15) is 0 Å². The molecule has 1 aromatic rings. The molecule has 118 valence electrons. The van der Waals surface area contributed by atoms with E-state index in [0.717, 1.165) is 38.2 Å². The van der Waals surface area contributed by atoms with Crippen LogP contribution in [0, 0.1) is 5.92 Å². The lowest BCUT2D eigenvalue weighted by atomic mass is 9.76. The van der Waals surface area contributed by atoms with Gasteiger partial charge in [-0.15, -0.1) is 0 Å². The Balaban J connectivity index is 1.92. The number of ether oxygens (including phenoxy) is 2. The lowest BCUT2D eigenvalue weighted by molar-refractivity contribution is -0.101. The first-order valence-corrected chi connectivity index (χ1v) is 7.81. The van der Waals surface area contributed by atoms with Crippen LogP contribution in [0.4, 0.5) is 0 Å². The summed E-state index contributed by atoms with van der Waals surface area (Å²) in [6, 6.07) is 0. The smallest absolute Gasteiger partial charge is 0.234 e. The summed E-state index contributed by atoms with van der Waals surface area (Å²) in [5, 5.41) is 7.69. The third kappa shape index (κ3) is 2.39. The third-order valence-electron chi connectivity index (χ3n) is 5.24. The molecule has 1 N–H and O–H groups in total. The first-order chi connectivity index (χ1) is 10.1. The first-order valence-electron chi connectivity index (χ1n) is 7.81. The number of hydrogen-bond donors (Lipinski definition) is 1. The van der Waals surface area contributed by atoms with Gasteiger partial charge in [0.15, 0.2) is 0 Å². The topological polar surface area (TPSA) is 69.4 Å². The van der Waals surface area contributed by atoms with Crippen LogP contribution >= 0.6 is 0 Å². The predicted octanol–water partition coefficient (Wildman–Crippen LogP) is 1.61. The van der Waals surface area contributed by atoms with Gasteiger partial charge in [0.2, 0.25) is 11.7 Å². The summed E-state index contributed by atoms with van der Waals surface area (Å²) in [5.41, 5.74) is -0.504. The van der Waals surface area contributed by atoms with E-state index >= 15 is 0 Å². The largest absolute Gasteiger partial charge is 0.381 e. The average molecular weight is 295 g/mol. The second-order valence-electron chi connectivity index (χ2n) is 6.47. The van der Waals surface area contributed by atoms with E-state index in [0.29, 0.717) is 25.0 Å². The van der Waals surface area contributed by atoms with Gasteiger partial charge in [0.25, 0.3) is 0 Å². The molecule has 2 aliphatic rings. The van der Waals surface area contributed by atoms with Crippen molar-refractivity contribution in [2.75, 3.05) is 33.4 Å². The fourth-order valence-electron chi connectivity index (χ4n) is 3.46. The van der Waals surface area contributed by atoms with Gasteiger partial charge in [-0.3, -0.25) is 0 Å². The van der Waals surface area contributed by atoms with Crippen LogP contribution in [0.5, 0.6) is 0 Å². The van der Waals surface area contributed by atoms with E-state index in [1.165, 1.54) is 0 Å². The predicted molar refractivity (Wildman–Crippen MR) is 77.0 cm³/mol. The van der Waals surface area contributed by atoms with Gasteiger partial charge in [0.05, 0.1) is 5.41 Å². The zero-order valence-corrected chi connectivity index (χ0v) is 13.1. The summed E-state index contributed by atoms with van der Waals surface area (Å²) in [4.78, 5) is 4.75. The normalized spacial score (nSPS) is 29.1. The summed E-state index contributed by atoms with van der Waals surface area (Å²) in [6.45, 7) is 7.69. The minimum absolute atomic E-state index is 0.0502. The molecule has 0 amide bonds. The molecule has 2 aliphatic heterocycles. The van der Waals surface area contributed by atoms with Gasteiger partial charge in [-0.1, -0.05) is 19.0 Å². The first kappa shape index (κ1) is 14.9. The second kappa shape index (κ2) is 5.66. The Morgan fingerprint density at radius 2 is 2.00 bits per heavy atom. The zero-order valence-electron chi connectivity index (χ0n) is 13.1. The fraction of sp³-hybridized carbons (Fsp3) is 0.867.